The van der Waals surface area contributed by atoms with E-state index in [0.717, 1.165) is 6.54 Å². The average molecular weight is 171 g/mol. The lowest BCUT2D eigenvalue weighted by Gasteiger charge is -2.22. The van der Waals surface area contributed by atoms with Gasteiger partial charge in [-0.3, -0.25) is 0 Å². The first-order valence-corrected chi connectivity index (χ1v) is 5.33. The Labute approximate surface area is 77.9 Å². The van der Waals surface area contributed by atoms with E-state index in [1.165, 1.54) is 32.2 Å². The van der Waals surface area contributed by atoms with Crippen LogP contribution in [0.2, 0.25) is 0 Å². The monoisotopic (exact) mass is 171 g/mol. The highest BCUT2D eigenvalue weighted by atomic mass is 14.8. The average Bonchev–Trinajstić information content (AvgIpc) is 2.04. The van der Waals surface area contributed by atoms with Crippen LogP contribution in [-0.4, -0.2) is 13.1 Å². The lowest BCUT2D eigenvalue weighted by molar-refractivity contribution is 0.308. The Kier molecular flexibility index (Phi) is 6.45. The summed E-state index contributed by atoms with van der Waals surface area (Å²) in [7, 11) is 0. The normalized spacial score (nSPS) is 12.0. The number of nitrogens with one attached hydrogen (secondary N) is 1. The Morgan fingerprint density at radius 1 is 1.08 bits per heavy atom. The second-order valence-corrected chi connectivity index (χ2v) is 4.33. The van der Waals surface area contributed by atoms with Crippen molar-refractivity contribution in [2.45, 2.75) is 53.4 Å². The molecule has 0 heterocycles. The Morgan fingerprint density at radius 3 is 2.25 bits per heavy atom. The minimum atomic E-state index is 0.562. The lowest BCUT2D eigenvalue weighted by atomic mass is 9.85. The van der Waals surface area contributed by atoms with E-state index in [-0.39, 0.29) is 0 Å². The largest absolute Gasteiger partial charge is 0.317 e. The van der Waals surface area contributed by atoms with Crippen LogP contribution in [0, 0.1) is 5.41 Å². The second kappa shape index (κ2) is 6.47. The van der Waals surface area contributed by atoms with Crippen molar-refractivity contribution in [3.05, 3.63) is 0 Å². The molecule has 1 nitrogen and oxygen atoms in total. The van der Waals surface area contributed by atoms with E-state index in [4.69, 9.17) is 0 Å². The molecule has 0 fully saturated rings. The van der Waals surface area contributed by atoms with Gasteiger partial charge in [0.15, 0.2) is 0 Å². The van der Waals surface area contributed by atoms with Crippen LogP contribution >= 0.6 is 0 Å². The highest BCUT2D eigenvalue weighted by Gasteiger charge is 2.13. The quantitative estimate of drug-likeness (QED) is 0.580. The van der Waals surface area contributed by atoms with E-state index >= 15 is 0 Å². The topological polar surface area (TPSA) is 12.0 Å². The molecular weight excluding hydrogens is 146 g/mol. The predicted molar refractivity (Wildman–Crippen MR) is 56.5 cm³/mol. The minimum Gasteiger partial charge on any atom is -0.317 e. The first-order valence-electron chi connectivity index (χ1n) is 5.33. The summed E-state index contributed by atoms with van der Waals surface area (Å²) in [6, 6.07) is 0. The van der Waals surface area contributed by atoms with Crippen molar-refractivity contribution in [1.82, 2.24) is 5.32 Å². The molecule has 0 spiro atoms. The molecule has 0 bridgehead atoms. The first-order chi connectivity index (χ1) is 5.62. The van der Waals surface area contributed by atoms with Crippen molar-refractivity contribution >= 4 is 0 Å². The maximum Gasteiger partial charge on any atom is -0.00490 e. The summed E-state index contributed by atoms with van der Waals surface area (Å²) < 4.78 is 0. The Balaban J connectivity index is 3.19. The summed E-state index contributed by atoms with van der Waals surface area (Å²) in [6.07, 6.45) is 5.37. The lowest BCUT2D eigenvalue weighted by Crippen LogP contribution is -2.15. The van der Waals surface area contributed by atoms with Gasteiger partial charge in [0.05, 0.1) is 0 Å². The van der Waals surface area contributed by atoms with Crippen molar-refractivity contribution in [3.8, 4) is 0 Å². The van der Waals surface area contributed by atoms with Gasteiger partial charge in [0.2, 0.25) is 0 Å². The summed E-state index contributed by atoms with van der Waals surface area (Å²) in [6.45, 7) is 11.5. The van der Waals surface area contributed by atoms with Gasteiger partial charge in [0.1, 0.15) is 0 Å². The molecular formula is C11H25N. The summed E-state index contributed by atoms with van der Waals surface area (Å²) in [5.41, 5.74) is 0.562. The van der Waals surface area contributed by atoms with Crippen LogP contribution in [0.5, 0.6) is 0 Å². The molecule has 0 aromatic carbocycles. The number of hydrogen-bond donors (Lipinski definition) is 1. The van der Waals surface area contributed by atoms with Crippen LogP contribution in [0.4, 0.5) is 0 Å². The van der Waals surface area contributed by atoms with E-state index in [9.17, 15) is 0 Å². The molecule has 0 saturated heterocycles. The van der Waals surface area contributed by atoms with Gasteiger partial charge in [-0.2, -0.15) is 0 Å². The maximum absolute atomic E-state index is 3.35. The van der Waals surface area contributed by atoms with Gasteiger partial charge >= 0.3 is 0 Å². The summed E-state index contributed by atoms with van der Waals surface area (Å²) >= 11 is 0. The van der Waals surface area contributed by atoms with E-state index in [0.29, 0.717) is 5.41 Å². The van der Waals surface area contributed by atoms with Crippen molar-refractivity contribution in [2.75, 3.05) is 13.1 Å². The standard InChI is InChI=1S/C11H25N/c1-5-11(3,4)9-7-8-10-12-6-2/h12H,5-10H2,1-4H3. The zero-order chi connectivity index (χ0) is 9.45. The van der Waals surface area contributed by atoms with E-state index < -0.39 is 0 Å². The third-order valence-electron chi connectivity index (χ3n) is 2.66. The molecule has 12 heavy (non-hydrogen) atoms. The molecule has 0 atom stereocenters. The van der Waals surface area contributed by atoms with Crippen LogP contribution in [-0.2, 0) is 0 Å². The Morgan fingerprint density at radius 2 is 1.75 bits per heavy atom. The molecule has 0 saturated carbocycles. The van der Waals surface area contributed by atoms with Gasteiger partial charge in [-0.05, 0) is 31.3 Å². The smallest absolute Gasteiger partial charge is 0.00490 e. The molecule has 0 aliphatic heterocycles. The maximum atomic E-state index is 3.35. The van der Waals surface area contributed by atoms with E-state index in [1.807, 2.05) is 0 Å². The number of rotatable bonds is 7. The molecule has 0 aromatic rings. The van der Waals surface area contributed by atoms with Crippen LogP contribution in [0.25, 0.3) is 0 Å². The van der Waals surface area contributed by atoms with Gasteiger partial charge in [-0.15, -0.1) is 0 Å². The van der Waals surface area contributed by atoms with Crippen LogP contribution < -0.4 is 5.32 Å². The van der Waals surface area contributed by atoms with Crippen LogP contribution in [0.15, 0.2) is 0 Å². The highest BCUT2D eigenvalue weighted by Crippen LogP contribution is 2.26. The Bertz CT molecular complexity index is 97.2. The molecule has 0 amide bonds. The Hall–Kier alpha value is -0.0400. The van der Waals surface area contributed by atoms with Crippen molar-refractivity contribution < 1.29 is 0 Å². The van der Waals surface area contributed by atoms with Crippen molar-refractivity contribution in [3.63, 3.8) is 0 Å². The van der Waals surface area contributed by atoms with E-state index in [1.54, 1.807) is 0 Å². The summed E-state index contributed by atoms with van der Waals surface area (Å²) in [5, 5.41) is 3.35. The molecule has 0 rings (SSSR count). The van der Waals surface area contributed by atoms with Gasteiger partial charge < -0.3 is 5.32 Å². The molecule has 1 heteroatoms. The molecule has 0 aliphatic rings. The molecule has 0 aliphatic carbocycles. The molecule has 0 aromatic heterocycles. The van der Waals surface area contributed by atoms with Crippen LogP contribution in [0.1, 0.15) is 53.4 Å². The minimum absolute atomic E-state index is 0.562. The fourth-order valence-corrected chi connectivity index (χ4v) is 1.21. The first kappa shape index (κ1) is 12.0. The second-order valence-electron chi connectivity index (χ2n) is 4.33. The third-order valence-corrected chi connectivity index (χ3v) is 2.66. The van der Waals surface area contributed by atoms with Gasteiger partial charge in [0, 0.05) is 0 Å². The van der Waals surface area contributed by atoms with Gasteiger partial charge in [-0.1, -0.05) is 40.5 Å². The highest BCUT2D eigenvalue weighted by molar-refractivity contribution is 4.66. The zero-order valence-electron chi connectivity index (χ0n) is 9.24. The third kappa shape index (κ3) is 6.66. The fraction of sp³-hybridized carbons (Fsp3) is 1.00. The number of hydrogen-bond acceptors (Lipinski definition) is 1. The van der Waals surface area contributed by atoms with Crippen molar-refractivity contribution in [1.29, 1.82) is 0 Å². The molecule has 1 N–H and O–H groups in total. The molecule has 74 valence electrons. The SMILES string of the molecule is CCNCCCCC(C)(C)CC. The number of unbranched alkanes of at least 4 members (excludes halogenated alkanes) is 1. The predicted octanol–water partition coefficient (Wildman–Crippen LogP) is 3.20. The zero-order valence-corrected chi connectivity index (χ0v) is 9.24. The molecule has 0 radical (unpaired) electrons. The van der Waals surface area contributed by atoms with Crippen molar-refractivity contribution in [2.24, 2.45) is 5.41 Å². The van der Waals surface area contributed by atoms with Gasteiger partial charge in [-0.25, -0.2) is 0 Å². The van der Waals surface area contributed by atoms with Gasteiger partial charge in [0.25, 0.3) is 0 Å². The van der Waals surface area contributed by atoms with Crippen LogP contribution in [0.3, 0.4) is 0 Å². The summed E-state index contributed by atoms with van der Waals surface area (Å²) in [5.74, 6) is 0. The molecule has 0 unspecified atom stereocenters. The summed E-state index contributed by atoms with van der Waals surface area (Å²) in [4.78, 5) is 0. The van der Waals surface area contributed by atoms with E-state index in [2.05, 4.69) is 33.0 Å². The fourth-order valence-electron chi connectivity index (χ4n) is 1.21.